The first-order valence-electron chi connectivity index (χ1n) is 11.4. The van der Waals surface area contributed by atoms with Crippen LogP contribution in [0.3, 0.4) is 0 Å². The first-order chi connectivity index (χ1) is 15.7. The second-order valence-corrected chi connectivity index (χ2v) is 11.0. The quantitative estimate of drug-likeness (QED) is 0.482. The van der Waals surface area contributed by atoms with Crippen LogP contribution < -0.4 is 5.32 Å². The van der Waals surface area contributed by atoms with E-state index in [-0.39, 0.29) is 17.9 Å². The summed E-state index contributed by atoms with van der Waals surface area (Å²) in [4.78, 5) is 27.4. The molecule has 174 valence electrons. The van der Waals surface area contributed by atoms with Gasteiger partial charge < -0.3 is 4.74 Å². The van der Waals surface area contributed by atoms with Crippen LogP contribution in [0.5, 0.6) is 0 Å². The van der Waals surface area contributed by atoms with E-state index < -0.39 is 11.1 Å². The largest absolute Gasteiger partial charge is 0.459 e. The zero-order valence-electron chi connectivity index (χ0n) is 19.9. The van der Waals surface area contributed by atoms with E-state index in [1.807, 2.05) is 39.0 Å². The molecule has 1 aromatic carbocycles. The molecule has 4 rings (SSSR count). The van der Waals surface area contributed by atoms with E-state index in [0.717, 1.165) is 22.0 Å². The molecule has 1 saturated heterocycles. The molecule has 1 aliphatic rings. The highest BCUT2D eigenvalue weighted by molar-refractivity contribution is 7.13. The summed E-state index contributed by atoms with van der Waals surface area (Å²) in [6.45, 7) is 10.00. The van der Waals surface area contributed by atoms with Crippen LogP contribution in [0.1, 0.15) is 70.8 Å². The molecule has 3 atom stereocenters. The number of carbonyl (C=O) groups excluding carboxylic acids is 1. The second-order valence-electron chi connectivity index (χ2n) is 10.2. The number of rotatable bonds is 6. The summed E-state index contributed by atoms with van der Waals surface area (Å²) in [5, 5.41) is 6.74. The molecule has 1 N–H and O–H groups in total. The summed E-state index contributed by atoms with van der Waals surface area (Å²) in [5.74, 6) is 0.0517. The van der Waals surface area contributed by atoms with Gasteiger partial charge in [-0.15, -0.1) is 11.3 Å². The minimum Gasteiger partial charge on any atom is -0.459 e. The van der Waals surface area contributed by atoms with Crippen molar-refractivity contribution in [3.8, 4) is 10.6 Å². The summed E-state index contributed by atoms with van der Waals surface area (Å²) < 4.78 is 5.91. The molecule has 6 nitrogen and oxygen atoms in total. The Bertz CT molecular complexity index is 1080. The lowest BCUT2D eigenvalue weighted by Gasteiger charge is -2.33. The number of aromatic nitrogens is 3. The van der Waals surface area contributed by atoms with Gasteiger partial charge in [-0.25, -0.2) is 4.98 Å². The Balaban J connectivity index is 1.74. The van der Waals surface area contributed by atoms with Crippen molar-refractivity contribution >= 4 is 17.3 Å². The van der Waals surface area contributed by atoms with E-state index in [1.165, 1.54) is 0 Å². The maximum Gasteiger partial charge on any atom is 0.326 e. The van der Waals surface area contributed by atoms with Crippen LogP contribution >= 0.6 is 11.3 Å². The van der Waals surface area contributed by atoms with Crippen molar-refractivity contribution < 1.29 is 9.53 Å². The predicted octanol–water partition coefficient (Wildman–Crippen LogP) is 5.54. The maximum absolute atomic E-state index is 13.6. The third kappa shape index (κ3) is 5.31. The van der Waals surface area contributed by atoms with Gasteiger partial charge in [-0.3, -0.25) is 20.1 Å². The van der Waals surface area contributed by atoms with Crippen molar-refractivity contribution in [2.45, 2.75) is 70.6 Å². The van der Waals surface area contributed by atoms with Crippen LogP contribution in [0.2, 0.25) is 0 Å². The van der Waals surface area contributed by atoms with E-state index >= 15 is 0 Å². The van der Waals surface area contributed by atoms with E-state index in [9.17, 15) is 4.79 Å². The van der Waals surface area contributed by atoms with Crippen molar-refractivity contribution in [1.29, 1.82) is 0 Å². The Morgan fingerprint density at radius 3 is 2.61 bits per heavy atom. The van der Waals surface area contributed by atoms with Crippen LogP contribution in [0, 0.1) is 5.92 Å². The van der Waals surface area contributed by atoms with Gasteiger partial charge in [-0.2, -0.15) is 0 Å². The van der Waals surface area contributed by atoms with E-state index in [2.05, 4.69) is 46.6 Å². The molecule has 0 radical (unpaired) electrons. The topological polar surface area (TPSA) is 77.0 Å². The van der Waals surface area contributed by atoms with Crippen LogP contribution in [0.25, 0.3) is 10.6 Å². The van der Waals surface area contributed by atoms with Gasteiger partial charge in [0.25, 0.3) is 0 Å². The van der Waals surface area contributed by atoms with E-state index in [0.29, 0.717) is 18.8 Å². The molecule has 0 unspecified atom stereocenters. The second kappa shape index (κ2) is 9.31. The molecule has 3 heterocycles. The third-order valence-corrected chi connectivity index (χ3v) is 6.68. The zero-order chi connectivity index (χ0) is 23.6. The molecule has 3 aromatic rings. The van der Waals surface area contributed by atoms with Crippen LogP contribution in [-0.4, -0.2) is 32.1 Å². The minimum atomic E-state index is -0.815. The maximum atomic E-state index is 13.6. The summed E-state index contributed by atoms with van der Waals surface area (Å²) in [5.41, 5.74) is 1.49. The first-order valence-corrected chi connectivity index (χ1v) is 12.3. The first kappa shape index (κ1) is 23.5. The molecule has 0 spiro atoms. The molecule has 0 saturated carbocycles. The predicted molar refractivity (Wildman–Crippen MR) is 131 cm³/mol. The molecule has 0 bridgehead atoms. The Labute approximate surface area is 199 Å². The Kier molecular flexibility index (Phi) is 6.64. The molecule has 0 amide bonds. The molecule has 1 aliphatic heterocycles. The molecule has 7 heteroatoms. The van der Waals surface area contributed by atoms with Crippen LogP contribution in [0.4, 0.5) is 0 Å². The number of hydrogen-bond donors (Lipinski definition) is 1. The summed E-state index contributed by atoms with van der Waals surface area (Å²) in [7, 11) is 0. The molecule has 0 aliphatic carbocycles. The number of hydrogen-bond acceptors (Lipinski definition) is 7. The average Bonchev–Trinajstić information content (AvgIpc) is 3.39. The number of nitrogens with one attached hydrogen (secondary N) is 1. The Morgan fingerprint density at radius 1 is 1.21 bits per heavy atom. The van der Waals surface area contributed by atoms with Crippen LogP contribution in [0.15, 0.2) is 54.3 Å². The third-order valence-electron chi connectivity index (χ3n) is 5.77. The lowest BCUT2D eigenvalue weighted by atomic mass is 9.83. The minimum absolute atomic E-state index is 0.0457. The summed E-state index contributed by atoms with van der Waals surface area (Å²) >= 11 is 1.62. The molecule has 1 fully saturated rings. The molecule has 2 aromatic heterocycles. The van der Waals surface area contributed by atoms with Gasteiger partial charge >= 0.3 is 5.97 Å². The fraction of sp³-hybridized carbons (Fsp3) is 0.462. The molecular weight excluding hydrogens is 432 g/mol. The van der Waals surface area contributed by atoms with Gasteiger partial charge in [0.2, 0.25) is 0 Å². The highest BCUT2D eigenvalue weighted by Crippen LogP contribution is 2.47. The SMILES string of the molecule is CC(C)C[C@@]1(C(=O)OC(C)(C)C)C[C@H](c2cnccn2)[C@H](c2csc(-c3ccccc3)n2)N1. The highest BCUT2D eigenvalue weighted by Gasteiger charge is 2.53. The normalized spacial score (nSPS) is 23.1. The fourth-order valence-corrected chi connectivity index (χ4v) is 5.45. The van der Waals surface area contributed by atoms with Gasteiger partial charge in [0.05, 0.1) is 17.4 Å². The Hall–Kier alpha value is -2.64. The number of nitrogens with zero attached hydrogens (tertiary/aromatic N) is 3. The van der Waals surface area contributed by atoms with Crippen LogP contribution in [-0.2, 0) is 9.53 Å². The van der Waals surface area contributed by atoms with Gasteiger partial charge in [0.1, 0.15) is 16.1 Å². The monoisotopic (exact) mass is 464 g/mol. The smallest absolute Gasteiger partial charge is 0.326 e. The van der Waals surface area contributed by atoms with Gasteiger partial charge in [0.15, 0.2) is 0 Å². The van der Waals surface area contributed by atoms with Crippen molar-refractivity contribution in [2.24, 2.45) is 5.92 Å². The standard InChI is InChI=1S/C26H32N4O2S/c1-17(2)13-26(24(31)32-25(3,4)5)14-19(20-15-27-11-12-28-20)22(30-26)21-16-33-23(29-21)18-9-7-6-8-10-18/h6-12,15-17,19,22,30H,13-14H2,1-5H3/t19-,22-,26+/m1/s1. The highest BCUT2D eigenvalue weighted by atomic mass is 32.1. The van der Waals surface area contributed by atoms with Gasteiger partial charge in [-0.1, -0.05) is 44.2 Å². The number of esters is 1. The van der Waals surface area contributed by atoms with Gasteiger partial charge in [0, 0.05) is 35.5 Å². The fourth-order valence-electron chi connectivity index (χ4n) is 4.59. The summed E-state index contributed by atoms with van der Waals surface area (Å²) in [6.07, 6.45) is 6.43. The lowest BCUT2D eigenvalue weighted by molar-refractivity contribution is -0.163. The lowest BCUT2D eigenvalue weighted by Crippen LogP contribution is -2.52. The average molecular weight is 465 g/mol. The molecular formula is C26H32N4O2S. The van der Waals surface area contributed by atoms with E-state index in [1.54, 1.807) is 29.9 Å². The van der Waals surface area contributed by atoms with Crippen molar-refractivity contribution in [3.05, 3.63) is 65.7 Å². The molecule has 33 heavy (non-hydrogen) atoms. The Morgan fingerprint density at radius 2 is 1.97 bits per heavy atom. The number of thiazole rings is 1. The van der Waals surface area contributed by atoms with E-state index in [4.69, 9.17) is 9.72 Å². The number of benzene rings is 1. The van der Waals surface area contributed by atoms with Crippen molar-refractivity contribution in [1.82, 2.24) is 20.3 Å². The number of carbonyl (C=O) groups is 1. The van der Waals surface area contributed by atoms with Gasteiger partial charge in [-0.05, 0) is 39.5 Å². The number of ether oxygens (including phenoxy) is 1. The zero-order valence-corrected chi connectivity index (χ0v) is 20.7. The summed E-state index contributed by atoms with van der Waals surface area (Å²) in [6, 6.07) is 10.00. The van der Waals surface area contributed by atoms with Crippen molar-refractivity contribution in [3.63, 3.8) is 0 Å². The van der Waals surface area contributed by atoms with Crippen molar-refractivity contribution in [2.75, 3.05) is 0 Å².